The van der Waals surface area contributed by atoms with E-state index >= 15 is 0 Å². The Kier molecular flexibility index (Phi) is 6.73. The van der Waals surface area contributed by atoms with Gasteiger partial charge in [-0.05, 0) is 60.4 Å². The number of unbranched alkanes of at least 4 members (excludes halogenated alkanes) is 1. The van der Waals surface area contributed by atoms with Crippen molar-refractivity contribution in [1.82, 2.24) is 0 Å². The number of nitrogens with zero attached hydrogens (tertiary/aromatic N) is 2. The van der Waals surface area contributed by atoms with Gasteiger partial charge >= 0.3 is 0 Å². The first-order chi connectivity index (χ1) is 15.5. The number of hydrogen-bond donors (Lipinski definition) is 0. The predicted molar refractivity (Wildman–Crippen MR) is 130 cm³/mol. The van der Waals surface area contributed by atoms with E-state index in [1.54, 1.807) is 36.4 Å². The van der Waals surface area contributed by atoms with Crippen LogP contribution in [0.4, 0.5) is 10.1 Å². The molecule has 0 aromatic heterocycles. The third kappa shape index (κ3) is 4.77. The molecule has 0 N–H and O–H groups in total. The van der Waals surface area contributed by atoms with E-state index in [0.29, 0.717) is 27.1 Å². The number of hydrogen-bond acceptors (Lipinski definition) is 2. The van der Waals surface area contributed by atoms with Crippen LogP contribution in [0.1, 0.15) is 36.5 Å². The number of halogens is 3. The predicted octanol–water partition coefficient (Wildman–Crippen LogP) is 7.31. The van der Waals surface area contributed by atoms with Crippen LogP contribution in [0, 0.1) is 5.82 Å². The summed E-state index contributed by atoms with van der Waals surface area (Å²) in [4.78, 5) is 19.5. The van der Waals surface area contributed by atoms with Crippen molar-refractivity contribution in [2.24, 2.45) is 4.99 Å². The SMILES string of the molecule is CCCCc1ccc(C2=N/C(=C\c3ccc(F)cc3)C(=O)N2c2cc(Cl)ccc2Cl)cc1. The van der Waals surface area contributed by atoms with Crippen LogP contribution in [0.2, 0.25) is 10.0 Å². The number of aliphatic imine (C=N–C) groups is 1. The van der Waals surface area contributed by atoms with Crippen molar-refractivity contribution < 1.29 is 9.18 Å². The molecule has 0 unspecified atom stereocenters. The molecule has 3 nitrogen and oxygen atoms in total. The molecule has 0 saturated carbocycles. The Bertz CT molecular complexity index is 1200. The normalized spacial score (nSPS) is 14.9. The molecular formula is C26H21Cl2FN2O. The zero-order valence-electron chi connectivity index (χ0n) is 17.5. The molecule has 4 rings (SSSR count). The standard InChI is InChI=1S/C26H21Cl2FN2O/c1-2-3-4-17-5-9-19(10-6-17)25-30-23(15-18-7-12-21(29)13-8-18)26(32)31(25)24-16-20(27)11-14-22(24)28/h5-16H,2-4H2,1H3/b23-15-. The van der Waals surface area contributed by atoms with Crippen molar-refractivity contribution >= 4 is 46.7 Å². The van der Waals surface area contributed by atoms with Gasteiger partial charge in [0.1, 0.15) is 17.3 Å². The fourth-order valence-electron chi connectivity index (χ4n) is 3.51. The van der Waals surface area contributed by atoms with Crippen molar-refractivity contribution in [2.75, 3.05) is 4.90 Å². The summed E-state index contributed by atoms with van der Waals surface area (Å²) in [6.07, 6.45) is 4.88. The van der Waals surface area contributed by atoms with Crippen LogP contribution in [0.5, 0.6) is 0 Å². The van der Waals surface area contributed by atoms with Gasteiger partial charge in [0.2, 0.25) is 0 Å². The fourth-order valence-corrected chi connectivity index (χ4v) is 3.88. The summed E-state index contributed by atoms with van der Waals surface area (Å²) in [5.41, 5.74) is 3.39. The van der Waals surface area contributed by atoms with Crippen LogP contribution >= 0.6 is 23.2 Å². The average molecular weight is 467 g/mol. The maximum atomic E-state index is 13.4. The Morgan fingerprint density at radius 3 is 2.41 bits per heavy atom. The fraction of sp³-hybridized carbons (Fsp3) is 0.154. The Hall–Kier alpha value is -2.95. The van der Waals surface area contributed by atoms with Crippen LogP contribution in [0.15, 0.2) is 77.4 Å². The molecular weight excluding hydrogens is 446 g/mol. The minimum atomic E-state index is -0.343. The first-order valence-electron chi connectivity index (χ1n) is 10.4. The number of aryl methyl sites for hydroxylation is 1. The lowest BCUT2D eigenvalue weighted by atomic mass is 10.1. The lowest BCUT2D eigenvalue weighted by Crippen LogP contribution is -2.33. The van der Waals surface area contributed by atoms with Crippen LogP contribution < -0.4 is 4.90 Å². The Balaban J connectivity index is 1.78. The first kappa shape index (κ1) is 22.3. The number of amidine groups is 1. The summed E-state index contributed by atoms with van der Waals surface area (Å²) in [5, 5.41) is 0.848. The highest BCUT2D eigenvalue weighted by atomic mass is 35.5. The smallest absolute Gasteiger partial charge is 0.266 e. The summed E-state index contributed by atoms with van der Waals surface area (Å²) in [6.45, 7) is 2.16. The van der Waals surface area contributed by atoms with Gasteiger partial charge in [-0.1, -0.05) is 72.9 Å². The van der Waals surface area contributed by atoms with Crippen LogP contribution in [-0.4, -0.2) is 11.7 Å². The highest BCUT2D eigenvalue weighted by molar-refractivity contribution is 6.40. The summed E-state index contributed by atoms with van der Waals surface area (Å²) >= 11 is 12.6. The van der Waals surface area contributed by atoms with E-state index < -0.39 is 0 Å². The molecule has 1 aliphatic rings. The number of amides is 1. The third-order valence-corrected chi connectivity index (χ3v) is 5.77. The van der Waals surface area contributed by atoms with E-state index in [9.17, 15) is 9.18 Å². The molecule has 3 aromatic rings. The van der Waals surface area contributed by atoms with E-state index in [0.717, 1.165) is 24.8 Å². The van der Waals surface area contributed by atoms with Gasteiger partial charge in [0.05, 0.1) is 10.7 Å². The summed E-state index contributed by atoms with van der Waals surface area (Å²) in [5.74, 6) is -0.206. The second-order valence-electron chi connectivity index (χ2n) is 7.55. The van der Waals surface area contributed by atoms with E-state index in [-0.39, 0.29) is 17.4 Å². The quantitative estimate of drug-likeness (QED) is 0.350. The van der Waals surface area contributed by atoms with Gasteiger partial charge in [0.25, 0.3) is 5.91 Å². The topological polar surface area (TPSA) is 32.7 Å². The van der Waals surface area contributed by atoms with Crippen LogP contribution in [-0.2, 0) is 11.2 Å². The molecule has 0 aliphatic carbocycles. The van der Waals surface area contributed by atoms with Gasteiger partial charge < -0.3 is 0 Å². The minimum absolute atomic E-state index is 0.234. The molecule has 1 aliphatic heterocycles. The molecule has 6 heteroatoms. The zero-order chi connectivity index (χ0) is 22.7. The van der Waals surface area contributed by atoms with Crippen molar-refractivity contribution in [1.29, 1.82) is 0 Å². The minimum Gasteiger partial charge on any atom is -0.266 e. The largest absolute Gasteiger partial charge is 0.282 e. The molecule has 32 heavy (non-hydrogen) atoms. The van der Waals surface area contributed by atoms with Gasteiger partial charge in [-0.15, -0.1) is 0 Å². The second-order valence-corrected chi connectivity index (χ2v) is 8.40. The Morgan fingerprint density at radius 1 is 1.00 bits per heavy atom. The molecule has 3 aromatic carbocycles. The monoisotopic (exact) mass is 466 g/mol. The molecule has 1 amide bonds. The molecule has 0 fully saturated rings. The van der Waals surface area contributed by atoms with Gasteiger partial charge in [-0.2, -0.15) is 0 Å². The maximum Gasteiger partial charge on any atom is 0.282 e. The number of anilines is 1. The lowest BCUT2D eigenvalue weighted by Gasteiger charge is -2.20. The van der Waals surface area contributed by atoms with Gasteiger partial charge in [0.15, 0.2) is 0 Å². The average Bonchev–Trinajstić information content (AvgIpc) is 3.11. The van der Waals surface area contributed by atoms with Gasteiger partial charge in [-0.3, -0.25) is 9.69 Å². The third-order valence-electron chi connectivity index (χ3n) is 5.21. The molecule has 0 saturated heterocycles. The first-order valence-corrected chi connectivity index (χ1v) is 11.2. The maximum absolute atomic E-state index is 13.4. The van der Waals surface area contributed by atoms with E-state index in [2.05, 4.69) is 24.0 Å². The molecule has 0 bridgehead atoms. The lowest BCUT2D eigenvalue weighted by molar-refractivity contribution is -0.113. The number of rotatable bonds is 6. The van der Waals surface area contributed by atoms with Crippen molar-refractivity contribution in [3.8, 4) is 0 Å². The van der Waals surface area contributed by atoms with Gasteiger partial charge in [-0.25, -0.2) is 9.38 Å². The molecule has 1 heterocycles. The van der Waals surface area contributed by atoms with Crippen LogP contribution in [0.25, 0.3) is 6.08 Å². The highest BCUT2D eigenvalue weighted by Crippen LogP contribution is 2.35. The van der Waals surface area contributed by atoms with Crippen molar-refractivity contribution in [3.63, 3.8) is 0 Å². The summed E-state index contributed by atoms with van der Waals surface area (Å²) in [6, 6.07) is 18.9. The van der Waals surface area contributed by atoms with Crippen molar-refractivity contribution in [2.45, 2.75) is 26.2 Å². The molecule has 162 valence electrons. The number of carbonyl (C=O) groups is 1. The molecule has 0 spiro atoms. The number of carbonyl (C=O) groups excluding carboxylic acids is 1. The van der Waals surface area contributed by atoms with E-state index in [1.165, 1.54) is 22.6 Å². The highest BCUT2D eigenvalue weighted by Gasteiger charge is 2.33. The van der Waals surface area contributed by atoms with Crippen LogP contribution in [0.3, 0.4) is 0 Å². The molecule has 0 radical (unpaired) electrons. The van der Waals surface area contributed by atoms with E-state index in [1.807, 2.05) is 12.1 Å². The second kappa shape index (κ2) is 9.68. The van der Waals surface area contributed by atoms with Crippen molar-refractivity contribution in [3.05, 3.63) is 105 Å². The summed E-state index contributed by atoms with van der Waals surface area (Å²) in [7, 11) is 0. The Morgan fingerprint density at radius 2 is 1.72 bits per heavy atom. The number of benzene rings is 3. The molecule has 0 atom stereocenters. The van der Waals surface area contributed by atoms with E-state index in [4.69, 9.17) is 23.2 Å². The Labute approximate surface area is 196 Å². The summed E-state index contributed by atoms with van der Waals surface area (Å²) < 4.78 is 13.3. The zero-order valence-corrected chi connectivity index (χ0v) is 19.0. The van der Waals surface area contributed by atoms with Gasteiger partial charge in [0, 0.05) is 10.6 Å².